The molecule has 0 aliphatic heterocycles. The molecular weight excluding hydrogens is 204 g/mol. The first-order valence-corrected chi connectivity index (χ1v) is 9.75. The lowest BCUT2D eigenvalue weighted by molar-refractivity contribution is 0.571. The predicted molar refractivity (Wildman–Crippen MR) is 72.0 cm³/mol. The summed E-state index contributed by atoms with van der Waals surface area (Å²) in [6.07, 6.45) is 0. The van der Waals surface area contributed by atoms with Gasteiger partial charge in [0.1, 0.15) is 7.22 Å². The van der Waals surface area contributed by atoms with Crippen molar-refractivity contribution in [1.29, 1.82) is 0 Å². The van der Waals surface area contributed by atoms with E-state index in [9.17, 15) is 0 Å². The Morgan fingerprint density at radius 1 is 1.00 bits per heavy atom. The van der Waals surface area contributed by atoms with Gasteiger partial charge in [0.15, 0.2) is 0 Å². The zero-order valence-electron chi connectivity index (χ0n) is 10.5. The van der Waals surface area contributed by atoms with E-state index in [-0.39, 0.29) is 5.41 Å². The van der Waals surface area contributed by atoms with Crippen LogP contribution in [0.25, 0.3) is 0 Å². The van der Waals surface area contributed by atoms with Gasteiger partial charge in [-0.05, 0) is 26.0 Å². The van der Waals surface area contributed by atoms with Gasteiger partial charge in [-0.2, -0.15) is 0 Å². The minimum Gasteiger partial charge on any atom is -0.102 e. The molecule has 0 amide bonds. The highest BCUT2D eigenvalue weighted by molar-refractivity contribution is 8.32. The average molecular weight is 228 g/mol. The maximum absolute atomic E-state index is 3.35. The number of hydrogen-bond acceptors (Lipinski definition) is 1. The van der Waals surface area contributed by atoms with E-state index in [2.05, 4.69) is 52.7 Å². The number of hydrogen-bond donors (Lipinski definition) is 0. The molecule has 0 radical (unpaired) electrons. The largest absolute Gasteiger partial charge is 0.133 e. The average Bonchev–Trinajstić information content (AvgIpc) is 2.11. The zero-order valence-corrected chi connectivity index (χ0v) is 12.3. The summed E-state index contributed by atoms with van der Waals surface area (Å²) in [7, 11) is -1.07. The lowest BCUT2D eigenvalue weighted by atomic mass is 9.99. The summed E-state index contributed by atoms with van der Waals surface area (Å²) in [5.41, 5.74) is 0.155. The summed E-state index contributed by atoms with van der Waals surface area (Å²) >= 11 is 1.97. The molecule has 0 aromatic heterocycles. The molecule has 0 N–H and O–H groups in total. The Morgan fingerprint density at radius 3 is 1.71 bits per heavy atom. The van der Waals surface area contributed by atoms with Crippen molar-refractivity contribution in [2.24, 2.45) is 5.41 Å². The van der Waals surface area contributed by atoms with Gasteiger partial charge in [-0.1, -0.05) is 44.8 Å². The lowest BCUT2D eigenvalue weighted by Gasteiger charge is -2.23. The van der Waals surface area contributed by atoms with Gasteiger partial charge in [0.25, 0.3) is 0 Å². The van der Waals surface area contributed by atoms with E-state index in [0.717, 1.165) is 0 Å². The quantitative estimate of drug-likeness (QED) is 0.495. The molecule has 0 atom stereocenters. The summed E-state index contributed by atoms with van der Waals surface area (Å²) in [5, 5.41) is 3.35. The molecule has 2 heteroatoms. The van der Waals surface area contributed by atoms with Gasteiger partial charge in [-0.25, -0.2) is 0 Å². The second kappa shape index (κ2) is 5.88. The molecule has 0 bridgehead atoms. The molecule has 0 unspecified atom stereocenters. The summed E-state index contributed by atoms with van der Waals surface area (Å²) < 4.78 is 0. The SMILES string of the molecule is CC[Si](CC)(CC)SC#CC(C)(C)C. The van der Waals surface area contributed by atoms with Crippen LogP contribution in [0, 0.1) is 16.6 Å². The van der Waals surface area contributed by atoms with Crippen LogP contribution in [-0.2, 0) is 0 Å². The molecule has 0 nitrogen and oxygen atoms in total. The second-order valence-electron chi connectivity index (χ2n) is 4.82. The van der Waals surface area contributed by atoms with Gasteiger partial charge in [-0.15, -0.1) is 11.2 Å². The van der Waals surface area contributed by atoms with Crippen LogP contribution in [0.15, 0.2) is 0 Å². The second-order valence-corrected chi connectivity index (χ2v) is 12.9. The molecule has 0 rings (SSSR count). The van der Waals surface area contributed by atoms with E-state index in [1.165, 1.54) is 18.1 Å². The van der Waals surface area contributed by atoms with Crippen LogP contribution in [0.4, 0.5) is 0 Å². The molecular formula is C12H24SSi. The third-order valence-electron chi connectivity index (χ3n) is 2.63. The Bertz CT molecular complexity index is 204. The fourth-order valence-corrected chi connectivity index (χ4v) is 5.86. The van der Waals surface area contributed by atoms with Gasteiger partial charge in [0.05, 0.1) is 0 Å². The van der Waals surface area contributed by atoms with E-state index in [1.54, 1.807) is 0 Å². The molecule has 0 aliphatic carbocycles. The summed E-state index contributed by atoms with van der Waals surface area (Å²) in [5.74, 6) is 3.33. The Labute approximate surface area is 94.9 Å². The fraction of sp³-hybridized carbons (Fsp3) is 0.833. The van der Waals surface area contributed by atoms with Crippen molar-refractivity contribution < 1.29 is 0 Å². The van der Waals surface area contributed by atoms with E-state index >= 15 is 0 Å². The third-order valence-corrected chi connectivity index (χ3v) is 11.3. The topological polar surface area (TPSA) is 0 Å². The smallest absolute Gasteiger partial charge is 0.102 e. The van der Waals surface area contributed by atoms with Crippen LogP contribution < -0.4 is 0 Å². The Balaban J connectivity index is 4.38. The van der Waals surface area contributed by atoms with Crippen LogP contribution in [0.3, 0.4) is 0 Å². The molecule has 0 spiro atoms. The Morgan fingerprint density at radius 2 is 1.43 bits per heavy atom. The first-order valence-electron chi connectivity index (χ1n) is 5.59. The molecule has 0 fully saturated rings. The van der Waals surface area contributed by atoms with Crippen LogP contribution in [0.2, 0.25) is 18.1 Å². The summed E-state index contributed by atoms with van der Waals surface area (Å²) in [6.45, 7) is 13.5. The van der Waals surface area contributed by atoms with Crippen molar-refractivity contribution in [1.82, 2.24) is 0 Å². The maximum Gasteiger partial charge on any atom is 0.133 e. The standard InChI is InChI=1S/C12H24SSi/c1-7-14(8-2,9-3)13-11-10-12(4,5)6/h7-9H2,1-6H3. The minimum absolute atomic E-state index is 0.155. The van der Waals surface area contributed by atoms with Crippen LogP contribution >= 0.6 is 11.2 Å². The third kappa shape index (κ3) is 5.12. The van der Waals surface area contributed by atoms with E-state index in [1.807, 2.05) is 11.2 Å². The Kier molecular flexibility index (Phi) is 5.93. The first kappa shape index (κ1) is 14.1. The van der Waals surface area contributed by atoms with Gasteiger partial charge in [0.2, 0.25) is 0 Å². The molecule has 0 saturated heterocycles. The minimum atomic E-state index is -1.07. The molecule has 0 aromatic rings. The van der Waals surface area contributed by atoms with Crippen LogP contribution in [0.1, 0.15) is 41.5 Å². The van der Waals surface area contributed by atoms with Crippen LogP contribution in [0.5, 0.6) is 0 Å². The maximum atomic E-state index is 3.35. The van der Waals surface area contributed by atoms with Gasteiger partial charge < -0.3 is 0 Å². The van der Waals surface area contributed by atoms with Crippen molar-refractivity contribution in [3.05, 3.63) is 0 Å². The van der Waals surface area contributed by atoms with Crippen molar-refractivity contribution in [3.63, 3.8) is 0 Å². The van der Waals surface area contributed by atoms with Gasteiger partial charge in [-0.3, -0.25) is 0 Å². The van der Waals surface area contributed by atoms with Gasteiger partial charge >= 0.3 is 0 Å². The Hall–Kier alpha value is 0.127. The molecule has 14 heavy (non-hydrogen) atoms. The van der Waals surface area contributed by atoms with Crippen molar-refractivity contribution in [2.45, 2.75) is 59.7 Å². The summed E-state index contributed by atoms with van der Waals surface area (Å²) in [4.78, 5) is 0. The van der Waals surface area contributed by atoms with E-state index in [0.29, 0.717) is 0 Å². The van der Waals surface area contributed by atoms with Crippen molar-refractivity contribution >= 4 is 18.4 Å². The lowest BCUT2D eigenvalue weighted by Crippen LogP contribution is -2.26. The summed E-state index contributed by atoms with van der Waals surface area (Å²) in [6, 6.07) is 4.05. The normalized spacial score (nSPS) is 12.1. The van der Waals surface area contributed by atoms with E-state index in [4.69, 9.17) is 0 Å². The van der Waals surface area contributed by atoms with E-state index < -0.39 is 7.22 Å². The molecule has 0 aliphatic rings. The monoisotopic (exact) mass is 228 g/mol. The van der Waals surface area contributed by atoms with Gasteiger partial charge in [0, 0.05) is 5.41 Å². The molecule has 0 heterocycles. The molecule has 0 saturated carbocycles. The van der Waals surface area contributed by atoms with Crippen LogP contribution in [-0.4, -0.2) is 7.22 Å². The number of rotatable bonds is 4. The molecule has 0 aromatic carbocycles. The highest BCUT2D eigenvalue weighted by Crippen LogP contribution is 2.32. The first-order chi connectivity index (χ1) is 6.39. The predicted octanol–water partition coefficient (Wildman–Crippen LogP) is 4.73. The van der Waals surface area contributed by atoms with Crippen molar-refractivity contribution in [3.8, 4) is 11.2 Å². The highest BCUT2D eigenvalue weighted by atomic mass is 32.4. The fourth-order valence-electron chi connectivity index (χ4n) is 1.25. The van der Waals surface area contributed by atoms with Crippen molar-refractivity contribution in [2.75, 3.05) is 0 Å². The molecule has 82 valence electrons. The highest BCUT2D eigenvalue weighted by Gasteiger charge is 2.27. The zero-order chi connectivity index (χ0) is 11.2.